The molecular formula is C59H70BBrCl2F2K2N14O9. The standard InChI is InChI=1S/C25H26FN7O2.C18H22BFN4O2.C13H16BrN3O2.C2H4Cl2.CH2O3.2K.H/c1-14-25(34)30(2)13-21-23(28-24(33(14)21)15-5-7-35-8-6-15)17-9-18-20(10-19(17)26)32(4)29-22(18)16-11-27-31(3)12-16;1-17(2)18(3,4)26-19(25-17)13-7-12-15(8-14(13)20)24(6)22-16(12)11-9-21-23(5)10-11;1-8-13(18)16(2)7-10-11(14)15-12(17(8)10)9-3-5-19-6-4-9;1-2(3)4;2-1-4-3;;;/h5,9-12,14H,6-8,13H2,1-4H3;7-10H,1-6H3;3,8H,4-7H2,1-2H3;2H,1H3;1,3H;;;/q;;;;;2*+1;-1/p-1. The molecule has 5 aliphatic rings. The predicted molar refractivity (Wildman–Crippen MR) is 331 cm³/mol. The van der Waals surface area contributed by atoms with E-state index < -0.39 is 24.4 Å². The van der Waals surface area contributed by atoms with Gasteiger partial charge >= 0.3 is 110 Å². The van der Waals surface area contributed by atoms with Crippen molar-refractivity contribution in [2.45, 2.75) is 103 Å². The number of likely N-dealkylation sites (N-methyl/N-ethyl adjacent to an activating group) is 2. The third-order valence-electron chi connectivity index (χ3n) is 16.2. The van der Waals surface area contributed by atoms with E-state index in [2.05, 4.69) is 56.8 Å². The van der Waals surface area contributed by atoms with Crippen LogP contribution in [0.2, 0.25) is 0 Å². The number of carbonyl (C=O) groups is 3. The van der Waals surface area contributed by atoms with Crippen molar-refractivity contribution in [3.63, 3.8) is 0 Å². The summed E-state index contributed by atoms with van der Waals surface area (Å²) in [4.78, 5) is 49.0. The molecule has 2 atom stereocenters. The number of halogens is 5. The van der Waals surface area contributed by atoms with Gasteiger partial charge in [0.05, 0.1) is 91.2 Å². The average Bonchev–Trinajstić information content (AvgIpc) is 1.63. The third-order valence-corrected chi connectivity index (χ3v) is 16.8. The predicted octanol–water partition coefficient (Wildman–Crippen LogP) is 2.07. The minimum Gasteiger partial charge on any atom is -1.00 e. The van der Waals surface area contributed by atoms with Gasteiger partial charge in [-0.3, -0.25) is 33.1 Å². The van der Waals surface area contributed by atoms with Crippen molar-refractivity contribution in [2.75, 3.05) is 40.5 Å². The maximum atomic E-state index is 15.7. The summed E-state index contributed by atoms with van der Waals surface area (Å²) in [7, 11) is 10.1. The zero-order valence-electron chi connectivity index (χ0n) is 54.1. The second-order valence-electron chi connectivity index (χ2n) is 22.8. The Labute approximate surface area is 625 Å². The van der Waals surface area contributed by atoms with Gasteiger partial charge < -0.3 is 49.3 Å². The molecule has 0 bridgehead atoms. The first-order valence-corrected chi connectivity index (χ1v) is 29.9. The van der Waals surface area contributed by atoms with E-state index in [4.69, 9.17) is 57.0 Å². The molecule has 90 heavy (non-hydrogen) atoms. The number of rotatable bonds is 7. The molecule has 31 heteroatoms. The minimum atomic E-state index is -0.758. The van der Waals surface area contributed by atoms with Crippen LogP contribution in [-0.2, 0) is 79.3 Å². The summed E-state index contributed by atoms with van der Waals surface area (Å²) in [6.45, 7) is 16.5. The Morgan fingerprint density at radius 1 is 0.722 bits per heavy atom. The summed E-state index contributed by atoms with van der Waals surface area (Å²) in [5, 5.41) is 27.8. The molecule has 0 aliphatic carbocycles. The molecule has 0 saturated carbocycles. The molecule has 0 radical (unpaired) electrons. The van der Waals surface area contributed by atoms with E-state index in [9.17, 15) is 14.0 Å². The molecule has 1 saturated heterocycles. The molecule has 23 nitrogen and oxygen atoms in total. The first-order valence-electron chi connectivity index (χ1n) is 28.2. The summed E-state index contributed by atoms with van der Waals surface area (Å²) in [6.07, 6.45) is 12.9. The summed E-state index contributed by atoms with van der Waals surface area (Å²) in [5.41, 5.74) is 8.98. The zero-order valence-corrected chi connectivity index (χ0v) is 62.5. The van der Waals surface area contributed by atoms with E-state index in [1.54, 1.807) is 75.1 Å². The Morgan fingerprint density at radius 2 is 1.16 bits per heavy atom. The average molecular weight is 1400 g/mol. The van der Waals surface area contributed by atoms with E-state index in [-0.39, 0.29) is 145 Å². The van der Waals surface area contributed by atoms with Crippen LogP contribution in [-0.4, -0.2) is 150 Å². The first-order chi connectivity index (χ1) is 41.7. The van der Waals surface area contributed by atoms with Gasteiger partial charge in [-0.15, -0.1) is 23.2 Å². The topological polar surface area (TPSA) is 234 Å². The Morgan fingerprint density at radius 3 is 1.59 bits per heavy atom. The number of aryl methyl sites for hydroxylation is 4. The van der Waals surface area contributed by atoms with E-state index in [0.717, 1.165) is 67.1 Å². The number of benzene rings is 2. The summed E-state index contributed by atoms with van der Waals surface area (Å²) < 4.78 is 65.1. The van der Waals surface area contributed by atoms with Gasteiger partial charge in [0.25, 0.3) is 6.47 Å². The van der Waals surface area contributed by atoms with Crippen molar-refractivity contribution in [3.8, 4) is 33.8 Å². The normalized spacial score (nSPS) is 18.1. The number of hydrogen-bond acceptors (Lipinski definition) is 15. The maximum Gasteiger partial charge on any atom is 1.00 e. The van der Waals surface area contributed by atoms with E-state index in [0.29, 0.717) is 79.5 Å². The van der Waals surface area contributed by atoms with E-state index in [1.807, 2.05) is 91.8 Å². The SMILES string of the molecule is CC(Cl)Cl.CC1C(=O)N(C)Cc2c(-c3cc4c(-c5cnn(C)c5)nn(C)c4cc3F)nc(C3=CCOCC3)n21.CC1C(=O)N(C)Cc2c(Br)nc(C3=CCOCC3)n21.Cn1cc(-c2nn(C)c3cc(F)c(B4OC(C)(C)C(C)(C)O4)cc23)cn1.O=CO[O-].[H-].[K+].[K+]. The zero-order chi connectivity index (χ0) is 63.8. The fourth-order valence-corrected chi connectivity index (χ4v) is 11.5. The minimum absolute atomic E-state index is 0. The molecule has 2 aromatic carbocycles. The Bertz CT molecular complexity index is 4000. The maximum absolute atomic E-state index is 15.7. The van der Waals surface area contributed by atoms with Crippen molar-refractivity contribution >= 4 is 103 Å². The third kappa shape index (κ3) is 15.4. The number of fused-ring (bicyclic) bond motifs is 4. The van der Waals surface area contributed by atoms with Gasteiger partial charge in [0.2, 0.25) is 11.8 Å². The molecule has 0 spiro atoms. The number of alkyl halides is 2. The molecule has 5 aliphatic heterocycles. The fraction of sp³-hybridized carbons (Fsp3) is 0.441. The van der Waals surface area contributed by atoms with Crippen LogP contribution in [0.4, 0.5) is 8.78 Å². The Kier molecular flexibility index (Phi) is 25.1. The number of hydrogen-bond donors (Lipinski definition) is 0. The van der Waals surface area contributed by atoms with Crippen LogP contribution >= 0.6 is 39.1 Å². The van der Waals surface area contributed by atoms with E-state index in [1.165, 1.54) is 17.7 Å². The van der Waals surface area contributed by atoms with Gasteiger partial charge in [-0.05, 0) is 107 Å². The van der Waals surface area contributed by atoms with Gasteiger partial charge in [0.15, 0.2) is 0 Å². The molecule has 6 aromatic heterocycles. The summed E-state index contributed by atoms with van der Waals surface area (Å²) in [5.74, 6) is 1.02. The smallest absolute Gasteiger partial charge is 1.00 e. The van der Waals surface area contributed by atoms with Gasteiger partial charge in [-0.2, -0.15) is 20.4 Å². The molecule has 2 unspecified atom stereocenters. The second-order valence-corrected chi connectivity index (χ2v) is 25.1. The molecule has 0 N–H and O–H groups in total. The molecule has 470 valence electrons. The Balaban J connectivity index is 0.000000209. The second kappa shape index (κ2) is 30.7. The van der Waals surface area contributed by atoms with Crippen molar-refractivity contribution in [1.82, 2.24) is 68.0 Å². The number of ether oxygens (including phenoxy) is 2. The number of carbonyl (C=O) groups excluding carboxylic acids is 3. The molecule has 8 aromatic rings. The van der Waals surface area contributed by atoms with Crippen molar-refractivity contribution in [2.24, 2.45) is 28.2 Å². The van der Waals surface area contributed by atoms with Crippen LogP contribution in [0.5, 0.6) is 0 Å². The van der Waals surface area contributed by atoms with Gasteiger partial charge in [0.1, 0.15) is 56.2 Å². The van der Waals surface area contributed by atoms with Crippen LogP contribution in [0, 0.1) is 11.6 Å². The molecule has 2 amide bonds. The Hall–Kier alpha value is -3.83. The molecular weight excluding hydrogens is 1330 g/mol. The number of nitrogens with zero attached hydrogens (tertiary/aromatic N) is 14. The first kappa shape index (κ1) is 73.6. The van der Waals surface area contributed by atoms with E-state index >= 15 is 4.39 Å². The van der Waals surface area contributed by atoms with Crippen LogP contribution in [0.1, 0.15) is 97.9 Å². The van der Waals surface area contributed by atoms with Crippen LogP contribution in [0.15, 0.2) is 65.8 Å². The number of imidazole rings is 2. The molecule has 1 fully saturated rings. The van der Waals surface area contributed by atoms with Crippen LogP contribution in [0.25, 0.3) is 66.7 Å². The monoisotopic (exact) mass is 1390 g/mol. The van der Waals surface area contributed by atoms with Crippen LogP contribution in [0.3, 0.4) is 0 Å². The van der Waals surface area contributed by atoms with Gasteiger partial charge in [-0.25, -0.2) is 18.7 Å². The fourth-order valence-electron chi connectivity index (χ4n) is 11.0. The summed E-state index contributed by atoms with van der Waals surface area (Å²) in [6, 6.07) is 5.97. The number of amides is 2. The van der Waals surface area contributed by atoms with Crippen molar-refractivity contribution in [3.05, 3.63) is 100 Å². The molecule has 11 heterocycles. The number of aromatic nitrogens is 12. The quantitative estimate of drug-likeness (QED) is 0.0731. The van der Waals surface area contributed by atoms with Crippen molar-refractivity contribution in [1.29, 1.82) is 0 Å². The summed E-state index contributed by atoms with van der Waals surface area (Å²) >= 11 is 13.6. The van der Waals surface area contributed by atoms with Gasteiger partial charge in [0, 0.05) is 93.7 Å². The van der Waals surface area contributed by atoms with Gasteiger partial charge in [-0.1, -0.05) is 12.2 Å². The van der Waals surface area contributed by atoms with Crippen molar-refractivity contribution < 1.29 is 156 Å². The molecule has 13 rings (SSSR count). The van der Waals surface area contributed by atoms with Crippen LogP contribution < -0.4 is 113 Å². The largest absolute Gasteiger partial charge is 1.00 e.